The van der Waals surface area contributed by atoms with E-state index >= 15 is 0 Å². The van der Waals surface area contributed by atoms with Crippen molar-refractivity contribution in [1.29, 1.82) is 0 Å². The zero-order valence-electron chi connectivity index (χ0n) is 18.3. The maximum Gasteiger partial charge on any atom is 0.311 e. The van der Waals surface area contributed by atoms with Gasteiger partial charge in [-0.25, -0.2) is 8.42 Å². The second-order valence-corrected chi connectivity index (χ2v) is 11.1. The predicted octanol–water partition coefficient (Wildman–Crippen LogP) is 3.17. The Morgan fingerprint density at radius 2 is 1.82 bits per heavy atom. The van der Waals surface area contributed by atoms with Gasteiger partial charge >= 0.3 is 5.97 Å². The molecule has 1 aromatic carbocycles. The number of nitro benzene ring substituents is 1. The van der Waals surface area contributed by atoms with Gasteiger partial charge in [-0.1, -0.05) is 6.42 Å². The molecule has 178 valence electrons. The molecule has 0 aliphatic carbocycles. The van der Waals surface area contributed by atoms with E-state index in [4.69, 9.17) is 4.74 Å². The maximum absolute atomic E-state index is 12.7. The Bertz CT molecular complexity index is 1170. The molecule has 1 N–H and O–H groups in total. The first-order chi connectivity index (χ1) is 15.6. The van der Waals surface area contributed by atoms with Crippen LogP contribution in [0.2, 0.25) is 0 Å². The Labute approximate surface area is 195 Å². The number of hydrogen-bond donors (Lipinski definition) is 1. The molecule has 1 amide bonds. The van der Waals surface area contributed by atoms with E-state index < -0.39 is 33.4 Å². The number of nitro groups is 1. The highest BCUT2D eigenvalue weighted by molar-refractivity contribution is 7.91. The zero-order valence-corrected chi connectivity index (χ0v) is 20.0. The molecule has 1 aliphatic heterocycles. The highest BCUT2D eigenvalue weighted by atomic mass is 32.2. The number of rotatable bonds is 8. The number of piperidine rings is 1. The van der Waals surface area contributed by atoms with Crippen LogP contribution in [0.3, 0.4) is 0 Å². The Morgan fingerprint density at radius 3 is 2.48 bits per heavy atom. The lowest BCUT2D eigenvalue weighted by molar-refractivity contribution is -0.384. The van der Waals surface area contributed by atoms with E-state index in [1.807, 2.05) is 0 Å². The van der Waals surface area contributed by atoms with Crippen molar-refractivity contribution in [2.75, 3.05) is 25.0 Å². The number of ether oxygens (including phenoxy) is 1. The summed E-state index contributed by atoms with van der Waals surface area (Å²) in [5.41, 5.74) is 1.25. The van der Waals surface area contributed by atoms with Crippen LogP contribution in [-0.4, -0.2) is 49.2 Å². The first kappa shape index (κ1) is 24.8. The number of hydrogen-bond acceptors (Lipinski definition) is 8. The summed E-state index contributed by atoms with van der Waals surface area (Å²) >= 11 is 1.00. The third-order valence-electron chi connectivity index (χ3n) is 5.31. The molecule has 12 heteroatoms. The predicted molar refractivity (Wildman–Crippen MR) is 123 cm³/mol. The Morgan fingerprint density at radius 1 is 1.15 bits per heavy atom. The summed E-state index contributed by atoms with van der Waals surface area (Å²) in [5, 5.41) is 13.6. The summed E-state index contributed by atoms with van der Waals surface area (Å²) in [7, 11) is -3.57. The molecule has 1 saturated heterocycles. The summed E-state index contributed by atoms with van der Waals surface area (Å²) in [6, 6.07) is 5.89. The van der Waals surface area contributed by atoms with E-state index in [1.165, 1.54) is 22.5 Å². The minimum atomic E-state index is -3.57. The molecule has 2 aromatic rings. The quantitative estimate of drug-likeness (QED) is 0.337. The average molecular weight is 496 g/mol. The lowest BCUT2D eigenvalue weighted by atomic mass is 10.1. The van der Waals surface area contributed by atoms with Gasteiger partial charge in [0, 0.05) is 24.0 Å². The first-order valence-corrected chi connectivity index (χ1v) is 12.6. The number of anilines is 1. The Hall–Kier alpha value is -2.83. The van der Waals surface area contributed by atoms with Crippen LogP contribution in [0.1, 0.15) is 35.3 Å². The van der Waals surface area contributed by atoms with Gasteiger partial charge in [0.2, 0.25) is 0 Å². The second kappa shape index (κ2) is 10.4. The molecular formula is C21H25N3O7S2. The summed E-state index contributed by atoms with van der Waals surface area (Å²) in [4.78, 5) is 35.4. The van der Waals surface area contributed by atoms with Crippen LogP contribution in [0.5, 0.6) is 0 Å². The average Bonchev–Trinajstić information content (AvgIpc) is 3.24. The lowest BCUT2D eigenvalue weighted by Crippen LogP contribution is -2.35. The molecule has 0 atom stereocenters. The normalized spacial score (nSPS) is 14.6. The molecule has 10 nitrogen and oxygen atoms in total. The number of esters is 1. The molecule has 33 heavy (non-hydrogen) atoms. The first-order valence-electron chi connectivity index (χ1n) is 10.4. The molecular weight excluding hydrogens is 470 g/mol. The van der Waals surface area contributed by atoms with E-state index in [9.17, 15) is 28.1 Å². The number of aryl methyl sites for hydroxylation is 2. The van der Waals surface area contributed by atoms with Crippen LogP contribution in [0.15, 0.2) is 28.5 Å². The molecule has 1 aliphatic rings. The maximum atomic E-state index is 12.7. The topological polar surface area (TPSA) is 136 Å². The van der Waals surface area contributed by atoms with Crippen molar-refractivity contribution >= 4 is 44.6 Å². The van der Waals surface area contributed by atoms with E-state index in [0.717, 1.165) is 36.2 Å². The Kier molecular flexibility index (Phi) is 7.82. The number of carbonyl (C=O) groups is 2. The van der Waals surface area contributed by atoms with Gasteiger partial charge in [-0.3, -0.25) is 19.7 Å². The van der Waals surface area contributed by atoms with Crippen LogP contribution in [0.4, 0.5) is 11.4 Å². The van der Waals surface area contributed by atoms with Crippen molar-refractivity contribution in [2.45, 2.75) is 43.7 Å². The minimum Gasteiger partial charge on any atom is -0.455 e. The summed E-state index contributed by atoms with van der Waals surface area (Å²) in [6.45, 7) is 3.85. The van der Waals surface area contributed by atoms with Gasteiger partial charge in [-0.15, -0.1) is 11.3 Å². The fraction of sp³-hybridized carbons (Fsp3) is 0.429. The molecule has 0 spiro atoms. The molecule has 2 heterocycles. The summed E-state index contributed by atoms with van der Waals surface area (Å²) < 4.78 is 32.0. The Balaban J connectivity index is 1.56. The number of thiophene rings is 1. The van der Waals surface area contributed by atoms with Gasteiger partial charge in [0.25, 0.3) is 21.6 Å². The summed E-state index contributed by atoms with van der Waals surface area (Å²) in [6.07, 6.45) is 2.49. The van der Waals surface area contributed by atoms with Crippen LogP contribution >= 0.6 is 11.3 Å². The monoisotopic (exact) mass is 495 g/mol. The fourth-order valence-electron chi connectivity index (χ4n) is 3.40. The third kappa shape index (κ3) is 6.15. The van der Waals surface area contributed by atoms with Crippen molar-refractivity contribution in [3.63, 3.8) is 0 Å². The summed E-state index contributed by atoms with van der Waals surface area (Å²) in [5.74, 6) is -1.42. The molecule has 1 fully saturated rings. The SMILES string of the molecule is Cc1cc(NC(=O)COC(=O)Cc2ccc(S(=O)(=O)N3CCCCC3)s2)c([N+](=O)[O-])cc1C. The molecule has 0 radical (unpaired) electrons. The van der Waals surface area contributed by atoms with Crippen molar-refractivity contribution in [1.82, 2.24) is 4.31 Å². The van der Waals surface area contributed by atoms with E-state index in [-0.39, 0.29) is 22.0 Å². The van der Waals surface area contributed by atoms with Gasteiger partial charge in [0.15, 0.2) is 6.61 Å². The molecule has 0 saturated carbocycles. The second-order valence-electron chi connectivity index (χ2n) is 7.78. The number of sulfonamides is 1. The number of benzene rings is 1. The molecule has 0 bridgehead atoms. The van der Waals surface area contributed by atoms with Gasteiger partial charge in [-0.2, -0.15) is 4.31 Å². The van der Waals surface area contributed by atoms with E-state index in [2.05, 4.69) is 5.32 Å². The fourth-order valence-corrected chi connectivity index (χ4v) is 6.41. The number of nitrogens with one attached hydrogen (secondary N) is 1. The number of amides is 1. The van der Waals surface area contributed by atoms with Crippen molar-refractivity contribution in [2.24, 2.45) is 0 Å². The molecule has 1 aromatic heterocycles. The number of nitrogens with zero attached hydrogens (tertiary/aromatic N) is 2. The van der Waals surface area contributed by atoms with Crippen LogP contribution < -0.4 is 5.32 Å². The van der Waals surface area contributed by atoms with Gasteiger partial charge < -0.3 is 10.1 Å². The zero-order chi connectivity index (χ0) is 24.2. The highest BCUT2D eigenvalue weighted by Crippen LogP contribution is 2.29. The van der Waals surface area contributed by atoms with Gasteiger partial charge in [0.05, 0.1) is 11.3 Å². The minimum absolute atomic E-state index is 0.0231. The highest BCUT2D eigenvalue weighted by Gasteiger charge is 2.27. The van der Waals surface area contributed by atoms with Gasteiger partial charge in [0.1, 0.15) is 9.90 Å². The molecule has 3 rings (SSSR count). The van der Waals surface area contributed by atoms with Crippen molar-refractivity contribution in [3.8, 4) is 0 Å². The number of carbonyl (C=O) groups excluding carboxylic acids is 2. The smallest absolute Gasteiger partial charge is 0.311 e. The third-order valence-corrected chi connectivity index (χ3v) is 8.76. The van der Waals surface area contributed by atoms with Crippen LogP contribution in [0.25, 0.3) is 0 Å². The van der Waals surface area contributed by atoms with Crippen molar-refractivity contribution < 1.29 is 27.7 Å². The van der Waals surface area contributed by atoms with Crippen LogP contribution in [-0.2, 0) is 30.8 Å². The largest absolute Gasteiger partial charge is 0.455 e. The van der Waals surface area contributed by atoms with E-state index in [0.29, 0.717) is 23.5 Å². The van der Waals surface area contributed by atoms with E-state index in [1.54, 1.807) is 19.9 Å². The van der Waals surface area contributed by atoms with Crippen LogP contribution in [0, 0.1) is 24.0 Å². The standard InChI is InChI=1S/C21H25N3O7S2/c1-14-10-17(18(24(27)28)11-15(14)2)22-19(25)13-31-20(26)12-16-6-7-21(32-16)33(29,30)23-8-4-3-5-9-23/h6-7,10-11H,3-5,8-9,12-13H2,1-2H3,(H,22,25). The lowest BCUT2D eigenvalue weighted by Gasteiger charge is -2.25. The van der Waals surface area contributed by atoms with Gasteiger partial charge in [-0.05, 0) is 56.0 Å². The van der Waals surface area contributed by atoms with Crippen molar-refractivity contribution in [3.05, 3.63) is 50.4 Å². The molecule has 0 unspecified atom stereocenters.